The average molecular weight is 198 g/mol. The van der Waals surface area contributed by atoms with Crippen molar-refractivity contribution in [2.45, 2.75) is 6.92 Å². The fraction of sp³-hybridized carbons (Fsp3) is 0.250. The highest BCUT2D eigenvalue weighted by Gasteiger charge is 2.04. The van der Waals surface area contributed by atoms with Crippen LogP contribution in [-0.4, -0.2) is 21.2 Å². The third-order valence-corrected chi connectivity index (χ3v) is 1.90. The largest absolute Gasteiger partial charge is 0.477 e. The first kappa shape index (κ1) is 8.31. The van der Waals surface area contributed by atoms with Crippen molar-refractivity contribution in [3.8, 4) is 5.88 Å². The lowest BCUT2D eigenvalue weighted by Crippen LogP contribution is -1.92. The Morgan fingerprint density at radius 3 is 3.15 bits per heavy atom. The number of halogens is 1. The molecule has 0 saturated heterocycles. The molecule has 0 unspecified atom stereocenters. The molecule has 0 saturated carbocycles. The van der Waals surface area contributed by atoms with Crippen molar-refractivity contribution in [3.05, 3.63) is 23.6 Å². The summed E-state index contributed by atoms with van der Waals surface area (Å²) < 4.78 is 6.87. The van der Waals surface area contributed by atoms with E-state index in [4.69, 9.17) is 16.3 Å². The van der Waals surface area contributed by atoms with Crippen molar-refractivity contribution >= 4 is 17.1 Å². The first-order valence-electron chi connectivity index (χ1n) is 3.94. The molecule has 2 aromatic heterocycles. The van der Waals surface area contributed by atoms with E-state index >= 15 is 0 Å². The fourth-order valence-corrected chi connectivity index (χ4v) is 1.28. The first-order chi connectivity index (χ1) is 6.31. The van der Waals surface area contributed by atoms with Gasteiger partial charge >= 0.3 is 0 Å². The first-order valence-corrected chi connectivity index (χ1v) is 4.31. The quantitative estimate of drug-likeness (QED) is 0.737. The minimum Gasteiger partial charge on any atom is -0.477 e. The molecular formula is C8H8ClN3O. The molecule has 0 aliphatic rings. The summed E-state index contributed by atoms with van der Waals surface area (Å²) in [7, 11) is 0. The van der Waals surface area contributed by atoms with Gasteiger partial charge in [-0.05, 0) is 6.92 Å². The second kappa shape index (κ2) is 3.22. The van der Waals surface area contributed by atoms with Crippen LogP contribution in [0.1, 0.15) is 6.92 Å². The van der Waals surface area contributed by atoms with Crippen molar-refractivity contribution in [1.29, 1.82) is 0 Å². The molecule has 0 spiro atoms. The second-order valence-electron chi connectivity index (χ2n) is 2.46. The van der Waals surface area contributed by atoms with Gasteiger partial charge in [0.15, 0.2) is 5.15 Å². The number of nitrogens with zero attached hydrogens (tertiary/aromatic N) is 3. The minimum atomic E-state index is 0.431. The van der Waals surface area contributed by atoms with Crippen molar-refractivity contribution in [2.24, 2.45) is 0 Å². The lowest BCUT2D eigenvalue weighted by molar-refractivity contribution is 0.325. The Morgan fingerprint density at radius 2 is 2.46 bits per heavy atom. The van der Waals surface area contributed by atoms with Crippen molar-refractivity contribution in [1.82, 2.24) is 14.6 Å². The third kappa shape index (κ3) is 1.45. The maximum absolute atomic E-state index is 5.84. The highest BCUT2D eigenvalue weighted by Crippen LogP contribution is 2.18. The molecule has 0 aliphatic carbocycles. The summed E-state index contributed by atoms with van der Waals surface area (Å²) in [6, 6.07) is 1.76. The smallest absolute Gasteiger partial charge is 0.233 e. The Bertz CT molecular complexity index is 426. The van der Waals surface area contributed by atoms with E-state index in [0.29, 0.717) is 17.6 Å². The van der Waals surface area contributed by atoms with Crippen molar-refractivity contribution in [3.63, 3.8) is 0 Å². The zero-order valence-electron chi connectivity index (χ0n) is 7.07. The van der Waals surface area contributed by atoms with Gasteiger partial charge < -0.3 is 4.74 Å². The zero-order chi connectivity index (χ0) is 9.26. The highest BCUT2D eigenvalue weighted by atomic mass is 35.5. The standard InChI is InChI=1S/C8H8ClN3O/c1-2-13-7-5-6-8(9)10-3-4-12(6)11-7/h3-5H,2H2,1H3. The van der Waals surface area contributed by atoms with Crippen LogP contribution in [0, 0.1) is 0 Å². The normalized spacial score (nSPS) is 10.6. The van der Waals surface area contributed by atoms with Crippen LogP contribution >= 0.6 is 11.6 Å². The van der Waals surface area contributed by atoms with Gasteiger partial charge in [-0.3, -0.25) is 0 Å². The molecule has 0 N–H and O–H groups in total. The molecule has 0 amide bonds. The van der Waals surface area contributed by atoms with E-state index in [1.165, 1.54) is 0 Å². The number of rotatable bonds is 2. The van der Waals surface area contributed by atoms with Crippen molar-refractivity contribution < 1.29 is 4.74 Å². The monoisotopic (exact) mass is 197 g/mol. The summed E-state index contributed by atoms with van der Waals surface area (Å²) >= 11 is 5.84. The van der Waals surface area contributed by atoms with Gasteiger partial charge in [0.05, 0.1) is 6.61 Å². The highest BCUT2D eigenvalue weighted by molar-refractivity contribution is 6.32. The average Bonchev–Trinajstić information content (AvgIpc) is 2.49. The molecule has 4 nitrogen and oxygen atoms in total. The minimum absolute atomic E-state index is 0.431. The second-order valence-corrected chi connectivity index (χ2v) is 2.82. The van der Waals surface area contributed by atoms with Crippen LogP contribution < -0.4 is 4.74 Å². The number of aromatic nitrogens is 3. The third-order valence-electron chi connectivity index (χ3n) is 1.61. The summed E-state index contributed by atoms with van der Waals surface area (Å²) in [4.78, 5) is 3.93. The van der Waals surface area contributed by atoms with E-state index < -0.39 is 0 Å². The van der Waals surface area contributed by atoms with E-state index in [2.05, 4.69) is 10.1 Å². The molecule has 0 atom stereocenters. The topological polar surface area (TPSA) is 39.4 Å². The van der Waals surface area contributed by atoms with E-state index in [1.54, 1.807) is 23.0 Å². The summed E-state index contributed by atoms with van der Waals surface area (Å²) in [6.45, 7) is 2.50. The fourth-order valence-electron chi connectivity index (χ4n) is 1.09. The van der Waals surface area contributed by atoms with Crippen molar-refractivity contribution in [2.75, 3.05) is 6.61 Å². The number of hydrogen-bond donors (Lipinski definition) is 0. The molecule has 2 aromatic rings. The zero-order valence-corrected chi connectivity index (χ0v) is 7.82. The van der Waals surface area contributed by atoms with Gasteiger partial charge in [0, 0.05) is 18.5 Å². The number of fused-ring (bicyclic) bond motifs is 1. The molecule has 0 aromatic carbocycles. The van der Waals surface area contributed by atoms with Crippen LogP contribution in [0.4, 0.5) is 0 Å². The predicted molar refractivity (Wildman–Crippen MR) is 49.2 cm³/mol. The van der Waals surface area contributed by atoms with Gasteiger partial charge in [-0.25, -0.2) is 9.50 Å². The molecule has 2 rings (SSSR count). The lowest BCUT2D eigenvalue weighted by Gasteiger charge is -1.93. The molecule has 13 heavy (non-hydrogen) atoms. The Balaban J connectivity index is 2.55. The Labute approximate surface area is 80.1 Å². The van der Waals surface area contributed by atoms with Crippen LogP contribution in [0.3, 0.4) is 0 Å². The van der Waals surface area contributed by atoms with Gasteiger partial charge in [0.25, 0.3) is 0 Å². The Hall–Kier alpha value is -1.29. The number of hydrogen-bond acceptors (Lipinski definition) is 3. The van der Waals surface area contributed by atoms with Crippen LogP contribution in [-0.2, 0) is 0 Å². The Kier molecular flexibility index (Phi) is 2.06. The predicted octanol–water partition coefficient (Wildman–Crippen LogP) is 1.78. The molecule has 0 aliphatic heterocycles. The van der Waals surface area contributed by atoms with Crippen LogP contribution in [0.15, 0.2) is 18.5 Å². The molecular weight excluding hydrogens is 190 g/mol. The molecule has 2 heterocycles. The van der Waals surface area contributed by atoms with Gasteiger partial charge in [0.1, 0.15) is 5.52 Å². The summed E-state index contributed by atoms with van der Waals surface area (Å²) in [6.07, 6.45) is 3.32. The van der Waals surface area contributed by atoms with E-state index in [9.17, 15) is 0 Å². The van der Waals surface area contributed by atoms with Gasteiger partial charge in [0.2, 0.25) is 5.88 Å². The van der Waals surface area contributed by atoms with E-state index in [1.807, 2.05) is 6.92 Å². The Morgan fingerprint density at radius 1 is 1.62 bits per heavy atom. The maximum atomic E-state index is 5.84. The van der Waals surface area contributed by atoms with E-state index in [-0.39, 0.29) is 0 Å². The van der Waals surface area contributed by atoms with Gasteiger partial charge in [-0.15, -0.1) is 5.10 Å². The summed E-state index contributed by atoms with van der Waals surface area (Å²) in [5.41, 5.74) is 0.757. The van der Waals surface area contributed by atoms with Gasteiger partial charge in [-0.2, -0.15) is 0 Å². The van der Waals surface area contributed by atoms with E-state index in [0.717, 1.165) is 5.52 Å². The summed E-state index contributed by atoms with van der Waals surface area (Å²) in [5, 5.41) is 4.56. The molecule has 68 valence electrons. The van der Waals surface area contributed by atoms with Crippen LogP contribution in [0.5, 0.6) is 5.88 Å². The van der Waals surface area contributed by atoms with Gasteiger partial charge in [-0.1, -0.05) is 11.6 Å². The molecule has 0 radical (unpaired) electrons. The summed E-state index contributed by atoms with van der Waals surface area (Å²) in [5.74, 6) is 0.567. The van der Waals surface area contributed by atoms with Crippen LogP contribution in [0.2, 0.25) is 5.15 Å². The van der Waals surface area contributed by atoms with Crippen LogP contribution in [0.25, 0.3) is 5.52 Å². The SMILES string of the molecule is CCOc1cc2c(Cl)nccn2n1. The molecule has 0 bridgehead atoms. The molecule has 0 fully saturated rings. The maximum Gasteiger partial charge on any atom is 0.233 e. The lowest BCUT2D eigenvalue weighted by atomic mass is 10.5. The molecule has 5 heteroatoms. The number of ether oxygens (including phenoxy) is 1.